The number of thioether (sulfide) groups is 1. The zero-order valence-corrected chi connectivity index (χ0v) is 10.6. The van der Waals surface area contributed by atoms with Crippen molar-refractivity contribution in [1.82, 2.24) is 0 Å². The maximum Gasteiger partial charge on any atom is 0.143 e. The third-order valence-corrected chi connectivity index (χ3v) is 3.92. The normalized spacial score (nSPS) is 16.5. The molecule has 0 amide bonds. The van der Waals surface area contributed by atoms with Crippen LogP contribution in [0.5, 0.6) is 0 Å². The first-order valence-corrected chi connectivity index (χ1v) is 6.79. The van der Waals surface area contributed by atoms with Gasteiger partial charge in [-0.15, -0.1) is 0 Å². The first kappa shape index (κ1) is 12.2. The van der Waals surface area contributed by atoms with Crippen LogP contribution in [0.1, 0.15) is 25.7 Å². The fourth-order valence-electron chi connectivity index (χ4n) is 1.95. The van der Waals surface area contributed by atoms with Gasteiger partial charge in [0.15, 0.2) is 0 Å². The minimum Gasteiger partial charge on any atom is -0.299 e. The smallest absolute Gasteiger partial charge is 0.143 e. The van der Waals surface area contributed by atoms with Crippen LogP contribution >= 0.6 is 11.8 Å². The molecule has 0 aliphatic heterocycles. The second-order valence-corrected chi connectivity index (χ2v) is 5.17. The Kier molecular flexibility index (Phi) is 4.63. The molecule has 0 N–H and O–H groups in total. The molecule has 88 valence electrons. The lowest BCUT2D eigenvalue weighted by Crippen LogP contribution is -1.94. The topological polar surface area (TPSA) is 17.1 Å². The molecule has 1 nitrogen and oxygen atoms in total. The second kappa shape index (κ2) is 6.45. The van der Waals surface area contributed by atoms with E-state index in [1.54, 1.807) is 17.8 Å². The lowest BCUT2D eigenvalue weighted by atomic mass is 9.99. The van der Waals surface area contributed by atoms with Gasteiger partial charge in [-0.25, -0.2) is 0 Å². The van der Waals surface area contributed by atoms with Gasteiger partial charge in [-0.05, 0) is 49.5 Å². The lowest BCUT2D eigenvalue weighted by molar-refractivity contribution is -0.104. The van der Waals surface area contributed by atoms with Crippen molar-refractivity contribution in [2.24, 2.45) is 0 Å². The lowest BCUT2D eigenvalue weighted by Gasteiger charge is -2.15. The van der Waals surface area contributed by atoms with E-state index < -0.39 is 0 Å². The van der Waals surface area contributed by atoms with E-state index in [1.807, 2.05) is 18.2 Å². The monoisotopic (exact) mass is 244 g/mol. The molecule has 1 aromatic carbocycles. The number of hydrogen-bond donors (Lipinski definition) is 0. The largest absolute Gasteiger partial charge is 0.299 e. The number of allylic oxidation sites excluding steroid dienone is 3. The Balaban J connectivity index is 2.16. The summed E-state index contributed by atoms with van der Waals surface area (Å²) in [4.78, 5) is 13.0. The Morgan fingerprint density at radius 3 is 2.65 bits per heavy atom. The number of benzene rings is 1. The molecule has 1 aromatic rings. The highest BCUT2D eigenvalue weighted by Gasteiger charge is 2.10. The van der Waals surface area contributed by atoms with Gasteiger partial charge in [0, 0.05) is 9.80 Å². The summed E-state index contributed by atoms with van der Waals surface area (Å²) in [5.74, 6) is 0. The fourth-order valence-corrected chi connectivity index (χ4v) is 2.93. The second-order valence-electron chi connectivity index (χ2n) is 4.06. The average molecular weight is 244 g/mol. The molecule has 0 radical (unpaired) electrons. The third-order valence-electron chi connectivity index (χ3n) is 2.80. The molecule has 0 aromatic heterocycles. The van der Waals surface area contributed by atoms with Gasteiger partial charge in [-0.3, -0.25) is 4.79 Å². The summed E-state index contributed by atoms with van der Waals surface area (Å²) in [5, 5.41) is 0. The molecule has 0 fully saturated rings. The van der Waals surface area contributed by atoms with Crippen LogP contribution in [0.3, 0.4) is 0 Å². The summed E-state index contributed by atoms with van der Waals surface area (Å²) in [6, 6.07) is 10.2. The van der Waals surface area contributed by atoms with E-state index in [2.05, 4.69) is 18.2 Å². The van der Waals surface area contributed by atoms with Crippen LogP contribution in [0.15, 0.2) is 57.9 Å². The van der Waals surface area contributed by atoms with E-state index in [4.69, 9.17) is 0 Å². The van der Waals surface area contributed by atoms with Crippen molar-refractivity contribution in [2.75, 3.05) is 0 Å². The van der Waals surface area contributed by atoms with Gasteiger partial charge >= 0.3 is 0 Å². The molecule has 1 aliphatic carbocycles. The molecule has 2 rings (SSSR count). The SMILES string of the molecule is O=C/C=C(\Sc1ccccc1)C1=CCCCC1. The van der Waals surface area contributed by atoms with Gasteiger partial charge in [-0.2, -0.15) is 0 Å². The Labute approximate surface area is 107 Å². The third kappa shape index (κ3) is 3.60. The minimum absolute atomic E-state index is 0.890. The predicted octanol–water partition coefficient (Wildman–Crippen LogP) is 4.36. The Morgan fingerprint density at radius 2 is 2.00 bits per heavy atom. The van der Waals surface area contributed by atoms with E-state index in [9.17, 15) is 4.79 Å². The molecular formula is C15H16OS. The van der Waals surface area contributed by atoms with Crippen LogP contribution in [-0.4, -0.2) is 6.29 Å². The van der Waals surface area contributed by atoms with E-state index in [0.717, 1.165) is 24.0 Å². The van der Waals surface area contributed by atoms with Gasteiger partial charge in [0.25, 0.3) is 0 Å². The van der Waals surface area contributed by atoms with Crippen molar-refractivity contribution < 1.29 is 4.79 Å². The summed E-state index contributed by atoms with van der Waals surface area (Å²) in [6.45, 7) is 0. The fraction of sp³-hybridized carbons (Fsp3) is 0.267. The number of hydrogen-bond acceptors (Lipinski definition) is 2. The van der Waals surface area contributed by atoms with Crippen LogP contribution in [-0.2, 0) is 4.79 Å². The summed E-state index contributed by atoms with van der Waals surface area (Å²) in [5.41, 5.74) is 1.33. The molecule has 2 heteroatoms. The molecule has 0 unspecified atom stereocenters. The van der Waals surface area contributed by atoms with Crippen molar-refractivity contribution in [2.45, 2.75) is 30.6 Å². The first-order valence-electron chi connectivity index (χ1n) is 5.98. The molecule has 0 saturated heterocycles. The van der Waals surface area contributed by atoms with Crippen LogP contribution in [0.4, 0.5) is 0 Å². The van der Waals surface area contributed by atoms with Crippen molar-refractivity contribution in [3.8, 4) is 0 Å². The number of rotatable bonds is 4. The summed E-state index contributed by atoms with van der Waals surface area (Å²) in [7, 11) is 0. The molecule has 0 atom stereocenters. The average Bonchev–Trinajstić information content (AvgIpc) is 2.40. The maximum atomic E-state index is 10.7. The van der Waals surface area contributed by atoms with Gasteiger partial charge in [0.2, 0.25) is 0 Å². The van der Waals surface area contributed by atoms with Gasteiger partial charge in [0.05, 0.1) is 0 Å². The Bertz CT molecular complexity index is 431. The van der Waals surface area contributed by atoms with Crippen molar-refractivity contribution >= 4 is 18.0 Å². The number of carbonyl (C=O) groups excluding carboxylic acids is 1. The van der Waals surface area contributed by atoms with E-state index >= 15 is 0 Å². The van der Waals surface area contributed by atoms with E-state index in [1.165, 1.54) is 23.3 Å². The maximum absolute atomic E-state index is 10.7. The minimum atomic E-state index is 0.890. The van der Waals surface area contributed by atoms with Crippen LogP contribution in [0, 0.1) is 0 Å². The van der Waals surface area contributed by atoms with Crippen molar-refractivity contribution in [1.29, 1.82) is 0 Å². The van der Waals surface area contributed by atoms with Crippen molar-refractivity contribution in [3.63, 3.8) is 0 Å². The highest BCUT2D eigenvalue weighted by atomic mass is 32.2. The summed E-state index contributed by atoms with van der Waals surface area (Å²) < 4.78 is 0. The van der Waals surface area contributed by atoms with Gasteiger partial charge < -0.3 is 0 Å². The number of carbonyl (C=O) groups is 1. The molecular weight excluding hydrogens is 228 g/mol. The zero-order valence-electron chi connectivity index (χ0n) is 9.76. The van der Waals surface area contributed by atoms with Crippen LogP contribution < -0.4 is 0 Å². The molecule has 0 spiro atoms. The highest BCUT2D eigenvalue weighted by Crippen LogP contribution is 2.35. The Morgan fingerprint density at radius 1 is 1.18 bits per heavy atom. The standard InChI is InChI=1S/C15H16OS/c16-12-11-15(13-7-3-1-4-8-13)17-14-9-5-2-6-10-14/h2,5-7,9-12H,1,3-4,8H2/b15-11-. The van der Waals surface area contributed by atoms with Gasteiger partial charge in [0.1, 0.15) is 6.29 Å². The van der Waals surface area contributed by atoms with Gasteiger partial charge in [-0.1, -0.05) is 36.0 Å². The summed E-state index contributed by atoms with van der Waals surface area (Å²) >= 11 is 1.68. The van der Waals surface area contributed by atoms with Crippen LogP contribution in [0.25, 0.3) is 0 Å². The molecule has 0 saturated carbocycles. The first-order chi connectivity index (χ1) is 8.40. The molecule has 0 heterocycles. The molecule has 1 aliphatic rings. The Hall–Kier alpha value is -1.28. The molecule has 0 bridgehead atoms. The number of aldehydes is 1. The molecule has 17 heavy (non-hydrogen) atoms. The highest BCUT2D eigenvalue weighted by molar-refractivity contribution is 8.03. The van der Waals surface area contributed by atoms with Crippen LogP contribution in [0.2, 0.25) is 0 Å². The van der Waals surface area contributed by atoms with E-state index in [0.29, 0.717) is 0 Å². The predicted molar refractivity (Wildman–Crippen MR) is 73.0 cm³/mol. The quantitative estimate of drug-likeness (QED) is 0.444. The zero-order chi connectivity index (χ0) is 11.9. The van der Waals surface area contributed by atoms with E-state index in [-0.39, 0.29) is 0 Å². The summed E-state index contributed by atoms with van der Waals surface area (Å²) in [6.07, 6.45) is 9.59. The van der Waals surface area contributed by atoms with Crippen molar-refractivity contribution in [3.05, 3.63) is 53.0 Å².